The lowest BCUT2D eigenvalue weighted by atomic mass is 10.1. The van der Waals surface area contributed by atoms with Gasteiger partial charge in [0.1, 0.15) is 0 Å². The summed E-state index contributed by atoms with van der Waals surface area (Å²) >= 11 is 0. The standard InChI is InChI=1S/C10H14NO/c1-2-3-7-10(12)11-8-5-4-6-9-11/h1,4-9H2. The van der Waals surface area contributed by atoms with E-state index in [4.69, 9.17) is 0 Å². The van der Waals surface area contributed by atoms with E-state index in [9.17, 15) is 4.79 Å². The van der Waals surface area contributed by atoms with Gasteiger partial charge in [-0.25, -0.2) is 0 Å². The van der Waals surface area contributed by atoms with Gasteiger partial charge in [-0.1, -0.05) is 5.92 Å². The second-order valence-corrected chi connectivity index (χ2v) is 2.97. The Morgan fingerprint density at radius 2 is 2.00 bits per heavy atom. The van der Waals surface area contributed by atoms with Crippen LogP contribution in [0.4, 0.5) is 0 Å². The fourth-order valence-electron chi connectivity index (χ4n) is 1.39. The molecule has 0 spiro atoms. The first kappa shape index (κ1) is 9.12. The first-order chi connectivity index (χ1) is 5.84. The van der Waals surface area contributed by atoms with Crippen molar-refractivity contribution >= 4 is 5.91 Å². The number of nitrogens with zero attached hydrogens (tertiary/aromatic N) is 1. The van der Waals surface area contributed by atoms with E-state index in [-0.39, 0.29) is 5.91 Å². The second-order valence-electron chi connectivity index (χ2n) is 2.97. The molecule has 0 aliphatic carbocycles. The first-order valence-corrected chi connectivity index (χ1v) is 4.37. The van der Waals surface area contributed by atoms with Crippen LogP contribution in [0.2, 0.25) is 0 Å². The van der Waals surface area contributed by atoms with Crippen molar-refractivity contribution in [3.05, 3.63) is 6.92 Å². The molecule has 0 aromatic rings. The number of carbonyl (C=O) groups excluding carboxylic acids is 1. The van der Waals surface area contributed by atoms with E-state index < -0.39 is 0 Å². The minimum absolute atomic E-state index is 0.158. The van der Waals surface area contributed by atoms with Gasteiger partial charge in [-0.15, -0.1) is 5.92 Å². The molecule has 12 heavy (non-hydrogen) atoms. The van der Waals surface area contributed by atoms with Gasteiger partial charge < -0.3 is 4.90 Å². The van der Waals surface area contributed by atoms with Crippen LogP contribution in [-0.2, 0) is 4.79 Å². The van der Waals surface area contributed by atoms with Crippen LogP contribution in [0, 0.1) is 18.8 Å². The average molecular weight is 164 g/mol. The Kier molecular flexibility index (Phi) is 3.66. The van der Waals surface area contributed by atoms with E-state index >= 15 is 0 Å². The Morgan fingerprint density at radius 1 is 1.33 bits per heavy atom. The van der Waals surface area contributed by atoms with E-state index in [1.807, 2.05) is 4.90 Å². The maximum absolute atomic E-state index is 11.4. The number of hydrogen-bond donors (Lipinski definition) is 0. The molecule has 1 amide bonds. The lowest BCUT2D eigenvalue weighted by Gasteiger charge is -2.25. The molecule has 65 valence electrons. The molecule has 1 fully saturated rings. The van der Waals surface area contributed by atoms with Crippen LogP contribution in [0.3, 0.4) is 0 Å². The third-order valence-corrected chi connectivity index (χ3v) is 2.07. The minimum atomic E-state index is 0.158. The molecule has 0 bridgehead atoms. The van der Waals surface area contributed by atoms with E-state index in [0.29, 0.717) is 6.42 Å². The van der Waals surface area contributed by atoms with Crippen LogP contribution < -0.4 is 0 Å². The molecule has 1 aliphatic heterocycles. The quantitative estimate of drug-likeness (QED) is 0.534. The van der Waals surface area contributed by atoms with Gasteiger partial charge >= 0.3 is 0 Å². The predicted octanol–water partition coefficient (Wildman–Crippen LogP) is 1.23. The van der Waals surface area contributed by atoms with E-state index in [1.165, 1.54) is 6.42 Å². The van der Waals surface area contributed by atoms with Gasteiger partial charge in [-0.3, -0.25) is 4.79 Å². The summed E-state index contributed by atoms with van der Waals surface area (Å²) in [6.07, 6.45) is 3.88. The minimum Gasteiger partial charge on any atom is -0.342 e. The van der Waals surface area contributed by atoms with Gasteiger partial charge in [0.05, 0.1) is 6.42 Å². The lowest BCUT2D eigenvalue weighted by Crippen LogP contribution is -2.35. The monoisotopic (exact) mass is 164 g/mol. The summed E-state index contributed by atoms with van der Waals surface area (Å²) < 4.78 is 0. The van der Waals surface area contributed by atoms with Crippen molar-refractivity contribution in [3.8, 4) is 11.8 Å². The van der Waals surface area contributed by atoms with Gasteiger partial charge in [0.2, 0.25) is 5.91 Å². The first-order valence-electron chi connectivity index (χ1n) is 4.37. The number of likely N-dealkylation sites (tertiary alicyclic amines) is 1. The van der Waals surface area contributed by atoms with Crippen molar-refractivity contribution in [3.63, 3.8) is 0 Å². The summed E-state index contributed by atoms with van der Waals surface area (Å²) in [5.74, 6) is 5.34. The fraction of sp³-hybridized carbons (Fsp3) is 0.600. The molecule has 1 radical (unpaired) electrons. The SMILES string of the molecule is [CH2]C#CCC(=O)N1CCCCC1. The number of rotatable bonds is 1. The Hall–Kier alpha value is -0.970. The van der Waals surface area contributed by atoms with Crippen molar-refractivity contribution in [1.29, 1.82) is 0 Å². The molecule has 0 unspecified atom stereocenters. The van der Waals surface area contributed by atoms with Gasteiger partial charge in [-0.05, 0) is 19.3 Å². The zero-order valence-electron chi connectivity index (χ0n) is 7.31. The van der Waals surface area contributed by atoms with Crippen molar-refractivity contribution in [1.82, 2.24) is 4.90 Å². The highest BCUT2D eigenvalue weighted by atomic mass is 16.2. The molecule has 0 N–H and O–H groups in total. The predicted molar refractivity (Wildman–Crippen MR) is 48.2 cm³/mol. The summed E-state index contributed by atoms with van der Waals surface area (Å²) in [6.45, 7) is 5.20. The number of carbonyl (C=O) groups is 1. The van der Waals surface area contributed by atoms with Crippen molar-refractivity contribution in [2.24, 2.45) is 0 Å². The molecule has 1 heterocycles. The molecule has 0 aromatic carbocycles. The van der Waals surface area contributed by atoms with Gasteiger partial charge in [0, 0.05) is 20.0 Å². The van der Waals surface area contributed by atoms with Crippen molar-refractivity contribution in [2.45, 2.75) is 25.7 Å². The molecule has 0 aromatic heterocycles. The Morgan fingerprint density at radius 3 is 2.58 bits per heavy atom. The maximum atomic E-state index is 11.4. The van der Waals surface area contributed by atoms with Crippen molar-refractivity contribution < 1.29 is 4.79 Å². The Balaban J connectivity index is 2.33. The molecule has 0 atom stereocenters. The van der Waals surface area contributed by atoms with E-state index in [0.717, 1.165) is 25.9 Å². The second kappa shape index (κ2) is 4.82. The smallest absolute Gasteiger partial charge is 0.234 e. The normalized spacial score (nSPS) is 16.6. The molecule has 1 rings (SSSR count). The Labute approximate surface area is 73.9 Å². The average Bonchev–Trinajstić information content (AvgIpc) is 2.15. The maximum Gasteiger partial charge on any atom is 0.234 e. The van der Waals surface area contributed by atoms with E-state index in [2.05, 4.69) is 18.8 Å². The number of piperidine rings is 1. The van der Waals surface area contributed by atoms with Crippen LogP contribution in [0.1, 0.15) is 25.7 Å². The molecule has 2 heteroatoms. The third-order valence-electron chi connectivity index (χ3n) is 2.07. The van der Waals surface area contributed by atoms with Crippen molar-refractivity contribution in [2.75, 3.05) is 13.1 Å². The molecule has 0 saturated carbocycles. The fourth-order valence-corrected chi connectivity index (χ4v) is 1.39. The molecular weight excluding hydrogens is 150 g/mol. The Bertz CT molecular complexity index is 206. The summed E-state index contributed by atoms with van der Waals surface area (Å²) in [7, 11) is 0. The van der Waals surface area contributed by atoms with Gasteiger partial charge in [-0.2, -0.15) is 0 Å². The van der Waals surface area contributed by atoms with Crippen LogP contribution >= 0.6 is 0 Å². The van der Waals surface area contributed by atoms with Crippen LogP contribution in [0.15, 0.2) is 0 Å². The van der Waals surface area contributed by atoms with Gasteiger partial charge in [0.25, 0.3) is 0 Å². The topological polar surface area (TPSA) is 20.3 Å². The third kappa shape index (κ3) is 2.58. The lowest BCUT2D eigenvalue weighted by molar-refractivity contribution is -0.130. The summed E-state index contributed by atoms with van der Waals surface area (Å²) in [5, 5.41) is 0. The molecule has 1 aliphatic rings. The summed E-state index contributed by atoms with van der Waals surface area (Å²) in [6, 6.07) is 0. The van der Waals surface area contributed by atoms with Gasteiger partial charge in [0.15, 0.2) is 0 Å². The molecular formula is C10H14NO. The highest BCUT2D eigenvalue weighted by molar-refractivity contribution is 5.78. The molecule has 2 nitrogen and oxygen atoms in total. The highest BCUT2D eigenvalue weighted by Crippen LogP contribution is 2.09. The number of hydrogen-bond acceptors (Lipinski definition) is 1. The zero-order chi connectivity index (χ0) is 8.81. The summed E-state index contributed by atoms with van der Waals surface area (Å²) in [5.41, 5.74) is 0. The molecule has 1 saturated heterocycles. The van der Waals surface area contributed by atoms with E-state index in [1.54, 1.807) is 0 Å². The van der Waals surface area contributed by atoms with Crippen LogP contribution in [0.5, 0.6) is 0 Å². The largest absolute Gasteiger partial charge is 0.342 e. The highest BCUT2D eigenvalue weighted by Gasteiger charge is 2.14. The van der Waals surface area contributed by atoms with Crippen LogP contribution in [0.25, 0.3) is 0 Å². The summed E-state index contributed by atoms with van der Waals surface area (Å²) in [4.78, 5) is 13.2. The zero-order valence-corrected chi connectivity index (χ0v) is 7.31. The van der Waals surface area contributed by atoms with Crippen LogP contribution in [-0.4, -0.2) is 23.9 Å². The number of amides is 1.